The molecule has 1 aromatic heterocycles. The maximum Gasteiger partial charge on any atom is 0.129 e. The van der Waals surface area contributed by atoms with E-state index in [-0.39, 0.29) is 5.38 Å². The highest BCUT2D eigenvalue weighted by Crippen LogP contribution is 2.04. The Bertz CT molecular complexity index is 245. The molecule has 78 valence electrons. The summed E-state index contributed by atoms with van der Waals surface area (Å²) in [5, 5.41) is 3.19. The number of methoxy groups -OCH3 is 1. The second-order valence-electron chi connectivity index (χ2n) is 2.86. The van der Waals surface area contributed by atoms with Gasteiger partial charge in [-0.3, -0.25) is 0 Å². The van der Waals surface area contributed by atoms with Gasteiger partial charge in [-0.25, -0.2) is 9.97 Å². The molecule has 14 heavy (non-hydrogen) atoms. The molecule has 0 spiro atoms. The van der Waals surface area contributed by atoms with Gasteiger partial charge in [-0.2, -0.15) is 0 Å². The van der Waals surface area contributed by atoms with Crippen molar-refractivity contribution in [3.63, 3.8) is 0 Å². The molecule has 1 heterocycles. The number of hydrogen-bond donors (Lipinski definition) is 1. The van der Waals surface area contributed by atoms with Crippen LogP contribution in [0.4, 0.5) is 5.82 Å². The summed E-state index contributed by atoms with van der Waals surface area (Å²) in [6, 6.07) is 1.82. The highest BCUT2D eigenvalue weighted by Gasteiger charge is 2.02. The summed E-state index contributed by atoms with van der Waals surface area (Å²) in [5.74, 6) is 0.821. The summed E-state index contributed by atoms with van der Waals surface area (Å²) < 4.78 is 4.92. The summed E-state index contributed by atoms with van der Waals surface area (Å²) in [7, 11) is 1.65. The van der Waals surface area contributed by atoms with Crippen LogP contribution in [0.25, 0.3) is 0 Å². The van der Waals surface area contributed by atoms with E-state index in [4.69, 9.17) is 16.3 Å². The lowest BCUT2D eigenvalue weighted by Gasteiger charge is -2.08. The number of ether oxygens (including phenoxy) is 1. The highest BCUT2D eigenvalue weighted by atomic mass is 35.5. The molecule has 5 heteroatoms. The van der Waals surface area contributed by atoms with Crippen molar-refractivity contribution in [3.05, 3.63) is 18.6 Å². The number of alkyl halides is 1. The van der Waals surface area contributed by atoms with Gasteiger partial charge < -0.3 is 10.1 Å². The van der Waals surface area contributed by atoms with Crippen molar-refractivity contribution >= 4 is 17.4 Å². The fourth-order valence-corrected chi connectivity index (χ4v) is 1.25. The van der Waals surface area contributed by atoms with E-state index in [2.05, 4.69) is 15.3 Å². The lowest BCUT2D eigenvalue weighted by Crippen LogP contribution is -2.13. The monoisotopic (exact) mass is 215 g/mol. The average molecular weight is 216 g/mol. The van der Waals surface area contributed by atoms with Gasteiger partial charge >= 0.3 is 0 Å². The minimum atomic E-state index is 0.0503. The Labute approximate surface area is 88.7 Å². The van der Waals surface area contributed by atoms with Gasteiger partial charge in [-0.1, -0.05) is 0 Å². The van der Waals surface area contributed by atoms with E-state index >= 15 is 0 Å². The maximum atomic E-state index is 5.95. The zero-order chi connectivity index (χ0) is 10.2. The molecule has 0 aromatic carbocycles. The molecule has 1 atom stereocenters. The molecule has 0 fully saturated rings. The fourth-order valence-electron chi connectivity index (χ4n) is 1.02. The Hall–Kier alpha value is -0.870. The molecular weight excluding hydrogens is 202 g/mol. The minimum Gasteiger partial charge on any atom is -0.383 e. The van der Waals surface area contributed by atoms with Gasteiger partial charge in [0.15, 0.2) is 0 Å². The summed E-state index contributed by atoms with van der Waals surface area (Å²) in [6.07, 6.45) is 4.05. The SMILES string of the molecule is COCC(Cl)CCNc1ccncn1. The molecule has 0 aliphatic carbocycles. The van der Waals surface area contributed by atoms with Crippen molar-refractivity contribution in [3.8, 4) is 0 Å². The quantitative estimate of drug-likeness (QED) is 0.732. The number of hydrogen-bond acceptors (Lipinski definition) is 4. The van der Waals surface area contributed by atoms with Gasteiger partial charge in [-0.15, -0.1) is 11.6 Å². The van der Waals surface area contributed by atoms with Gasteiger partial charge in [0.2, 0.25) is 0 Å². The van der Waals surface area contributed by atoms with E-state index in [1.165, 1.54) is 6.33 Å². The molecular formula is C9H14ClN3O. The first-order chi connectivity index (χ1) is 6.83. The van der Waals surface area contributed by atoms with Gasteiger partial charge in [0.1, 0.15) is 12.1 Å². The van der Waals surface area contributed by atoms with Crippen molar-refractivity contribution in [1.29, 1.82) is 0 Å². The first-order valence-corrected chi connectivity index (χ1v) is 4.89. The van der Waals surface area contributed by atoms with E-state index < -0.39 is 0 Å². The lowest BCUT2D eigenvalue weighted by molar-refractivity contribution is 0.196. The first-order valence-electron chi connectivity index (χ1n) is 4.46. The highest BCUT2D eigenvalue weighted by molar-refractivity contribution is 6.20. The predicted octanol–water partition coefficient (Wildman–Crippen LogP) is 1.53. The molecule has 0 amide bonds. The van der Waals surface area contributed by atoms with Crippen molar-refractivity contribution < 1.29 is 4.74 Å². The molecule has 0 bridgehead atoms. The predicted molar refractivity (Wildman–Crippen MR) is 56.7 cm³/mol. The summed E-state index contributed by atoms with van der Waals surface area (Å²) >= 11 is 5.95. The average Bonchev–Trinajstić information content (AvgIpc) is 2.20. The van der Waals surface area contributed by atoms with Crippen LogP contribution >= 0.6 is 11.6 Å². The fraction of sp³-hybridized carbons (Fsp3) is 0.556. The van der Waals surface area contributed by atoms with Crippen molar-refractivity contribution in [2.24, 2.45) is 0 Å². The Morgan fingerprint density at radius 1 is 1.64 bits per heavy atom. The first kappa shape index (κ1) is 11.2. The summed E-state index contributed by atoms with van der Waals surface area (Å²) in [4.78, 5) is 7.85. The van der Waals surface area contributed by atoms with Gasteiger partial charge in [0, 0.05) is 19.9 Å². The van der Waals surface area contributed by atoms with Crippen molar-refractivity contribution in [1.82, 2.24) is 9.97 Å². The Morgan fingerprint density at radius 3 is 3.14 bits per heavy atom. The second kappa shape index (κ2) is 6.56. The second-order valence-corrected chi connectivity index (χ2v) is 3.48. The van der Waals surface area contributed by atoms with Crippen LogP contribution < -0.4 is 5.32 Å². The number of nitrogens with one attached hydrogen (secondary N) is 1. The number of halogens is 1. The third-order valence-electron chi connectivity index (χ3n) is 1.69. The molecule has 0 radical (unpaired) electrons. The standard InChI is InChI=1S/C9H14ClN3O/c1-14-6-8(10)2-5-12-9-3-4-11-7-13-9/h3-4,7-8H,2,5-6H2,1H3,(H,11,12,13). The van der Waals surface area contributed by atoms with Gasteiger partial charge in [0.25, 0.3) is 0 Å². The zero-order valence-corrected chi connectivity index (χ0v) is 8.87. The maximum absolute atomic E-state index is 5.95. The van der Waals surface area contributed by atoms with Crippen LogP contribution in [0.5, 0.6) is 0 Å². The van der Waals surface area contributed by atoms with Crippen molar-refractivity contribution in [2.75, 3.05) is 25.6 Å². The molecule has 0 saturated heterocycles. The van der Waals surface area contributed by atoms with Crippen molar-refractivity contribution in [2.45, 2.75) is 11.8 Å². The number of aromatic nitrogens is 2. The van der Waals surface area contributed by atoms with Crippen LogP contribution in [0.3, 0.4) is 0 Å². The van der Waals surface area contributed by atoms with E-state index in [0.29, 0.717) is 6.61 Å². The van der Waals surface area contributed by atoms with E-state index in [9.17, 15) is 0 Å². The third kappa shape index (κ3) is 4.39. The number of rotatable bonds is 6. The molecule has 4 nitrogen and oxygen atoms in total. The molecule has 0 aliphatic rings. The number of nitrogens with zero attached hydrogens (tertiary/aromatic N) is 2. The Kier molecular flexibility index (Phi) is 5.25. The smallest absolute Gasteiger partial charge is 0.129 e. The zero-order valence-electron chi connectivity index (χ0n) is 8.11. The molecule has 0 saturated carbocycles. The largest absolute Gasteiger partial charge is 0.383 e. The van der Waals surface area contributed by atoms with Crippen LogP contribution in [0.1, 0.15) is 6.42 Å². The van der Waals surface area contributed by atoms with E-state index in [1.54, 1.807) is 13.3 Å². The Balaban J connectivity index is 2.16. The Morgan fingerprint density at radius 2 is 2.50 bits per heavy atom. The lowest BCUT2D eigenvalue weighted by atomic mass is 10.3. The van der Waals surface area contributed by atoms with Crippen LogP contribution in [0.2, 0.25) is 0 Å². The third-order valence-corrected chi connectivity index (χ3v) is 2.04. The molecule has 1 rings (SSSR count). The van der Waals surface area contributed by atoms with Crippen LogP contribution in [-0.4, -0.2) is 35.6 Å². The van der Waals surface area contributed by atoms with Gasteiger partial charge in [0.05, 0.1) is 12.0 Å². The van der Waals surface area contributed by atoms with Crippen LogP contribution in [-0.2, 0) is 4.74 Å². The van der Waals surface area contributed by atoms with Gasteiger partial charge in [-0.05, 0) is 12.5 Å². The molecule has 1 N–H and O–H groups in total. The molecule has 1 unspecified atom stereocenters. The van der Waals surface area contributed by atoms with Crippen LogP contribution in [0, 0.1) is 0 Å². The normalized spacial score (nSPS) is 12.4. The van der Waals surface area contributed by atoms with Crippen LogP contribution in [0.15, 0.2) is 18.6 Å². The number of anilines is 1. The summed E-state index contributed by atoms with van der Waals surface area (Å²) in [6.45, 7) is 1.36. The van der Waals surface area contributed by atoms with E-state index in [0.717, 1.165) is 18.8 Å². The molecule has 1 aromatic rings. The topological polar surface area (TPSA) is 47.0 Å². The minimum absolute atomic E-state index is 0.0503. The summed E-state index contributed by atoms with van der Waals surface area (Å²) in [5.41, 5.74) is 0. The molecule has 0 aliphatic heterocycles. The van der Waals surface area contributed by atoms with E-state index in [1.807, 2.05) is 6.07 Å².